The van der Waals surface area contributed by atoms with Crippen LogP contribution < -0.4 is 5.56 Å². The Morgan fingerprint density at radius 2 is 2.00 bits per heavy atom. The largest absolute Gasteiger partial charge is 0.268 e. The second kappa shape index (κ2) is 6.42. The minimum Gasteiger partial charge on any atom is -0.268 e. The molecule has 120 valence electrons. The van der Waals surface area contributed by atoms with Gasteiger partial charge < -0.3 is 0 Å². The summed E-state index contributed by atoms with van der Waals surface area (Å²) in [6, 6.07) is 11.7. The van der Waals surface area contributed by atoms with Crippen molar-refractivity contribution < 1.29 is 8.78 Å². The van der Waals surface area contributed by atoms with Crippen molar-refractivity contribution >= 4 is 22.7 Å². The number of para-hydroxylation sites is 1. The van der Waals surface area contributed by atoms with Gasteiger partial charge in [-0.15, -0.1) is 0 Å². The van der Waals surface area contributed by atoms with Crippen LogP contribution in [0.25, 0.3) is 16.6 Å². The van der Waals surface area contributed by atoms with E-state index in [0.29, 0.717) is 17.0 Å². The molecule has 0 fully saturated rings. The molecule has 0 saturated carbocycles. The Labute approximate surface area is 140 Å². The van der Waals surface area contributed by atoms with Crippen molar-refractivity contribution in [2.24, 2.45) is 0 Å². The number of hydrogen-bond acceptors (Lipinski definition) is 4. The Kier molecular flexibility index (Phi) is 4.32. The van der Waals surface area contributed by atoms with Gasteiger partial charge in [-0.05, 0) is 31.2 Å². The van der Waals surface area contributed by atoms with Gasteiger partial charge >= 0.3 is 0 Å². The highest BCUT2D eigenvalue weighted by Gasteiger charge is 2.18. The summed E-state index contributed by atoms with van der Waals surface area (Å²) in [6.45, 7) is 1.65. The second-order valence-electron chi connectivity index (χ2n) is 5.04. The first-order chi connectivity index (χ1) is 11.5. The lowest BCUT2D eigenvalue weighted by Gasteiger charge is -2.14. The van der Waals surface area contributed by atoms with Gasteiger partial charge in [0.15, 0.2) is 5.16 Å². The van der Waals surface area contributed by atoms with Crippen molar-refractivity contribution in [3.63, 3.8) is 0 Å². The van der Waals surface area contributed by atoms with E-state index in [2.05, 4.69) is 4.98 Å². The first kappa shape index (κ1) is 16.1. The van der Waals surface area contributed by atoms with Crippen LogP contribution in [-0.4, -0.2) is 14.8 Å². The molecule has 0 amide bonds. The van der Waals surface area contributed by atoms with Crippen molar-refractivity contribution in [2.75, 3.05) is 0 Å². The van der Waals surface area contributed by atoms with Crippen molar-refractivity contribution in [1.82, 2.24) is 9.55 Å². The minimum atomic E-state index is -0.874. The molecule has 0 unspecified atom stereocenters. The summed E-state index contributed by atoms with van der Waals surface area (Å²) >= 11 is 1.04. The number of thioether (sulfide) groups is 1. The zero-order chi connectivity index (χ0) is 17.3. The maximum Gasteiger partial charge on any atom is 0.266 e. The van der Waals surface area contributed by atoms with Crippen molar-refractivity contribution in [1.29, 1.82) is 5.26 Å². The third-order valence-corrected chi connectivity index (χ3v) is 4.30. The lowest BCUT2D eigenvalue weighted by atomic mass is 10.2. The third-order valence-electron chi connectivity index (χ3n) is 3.36. The molecule has 1 aromatic heterocycles. The predicted molar refractivity (Wildman–Crippen MR) is 88.2 cm³/mol. The van der Waals surface area contributed by atoms with Crippen molar-refractivity contribution in [3.05, 3.63) is 64.5 Å². The molecule has 0 N–H and O–H groups in total. The molecule has 0 radical (unpaired) electrons. The molecule has 0 bridgehead atoms. The summed E-state index contributed by atoms with van der Waals surface area (Å²) in [5, 5.41) is 9.02. The number of fused-ring (bicyclic) bond motifs is 1. The highest BCUT2D eigenvalue weighted by atomic mass is 32.2. The van der Waals surface area contributed by atoms with Crippen LogP contribution in [0.1, 0.15) is 6.92 Å². The average Bonchev–Trinajstić information content (AvgIpc) is 2.56. The molecule has 24 heavy (non-hydrogen) atoms. The standard InChI is InChI=1S/C17H11F2N3OS/c1-10(9-20)24-17-21-14-5-3-2-4-12(14)16(23)22(17)15-7-6-11(18)8-13(15)19/h2-8,10H,1H3/t10-/m1/s1. The van der Waals surface area contributed by atoms with Crippen LogP contribution in [0.3, 0.4) is 0 Å². The molecular weight excluding hydrogens is 332 g/mol. The Hall–Kier alpha value is -2.72. The van der Waals surface area contributed by atoms with Crippen molar-refractivity contribution in [2.45, 2.75) is 17.3 Å². The number of nitriles is 1. The van der Waals surface area contributed by atoms with E-state index in [1.807, 2.05) is 6.07 Å². The summed E-state index contributed by atoms with van der Waals surface area (Å²) in [6.07, 6.45) is 0. The highest BCUT2D eigenvalue weighted by Crippen LogP contribution is 2.25. The van der Waals surface area contributed by atoms with E-state index < -0.39 is 22.4 Å². The molecule has 0 aliphatic carbocycles. The fraction of sp³-hybridized carbons (Fsp3) is 0.118. The van der Waals surface area contributed by atoms with Crippen LogP contribution in [0.2, 0.25) is 0 Å². The number of hydrogen-bond donors (Lipinski definition) is 0. The molecule has 0 spiro atoms. The van der Waals surface area contributed by atoms with Crippen LogP contribution in [0.5, 0.6) is 0 Å². The third kappa shape index (κ3) is 2.88. The van der Waals surface area contributed by atoms with Gasteiger partial charge in [-0.25, -0.2) is 13.8 Å². The van der Waals surface area contributed by atoms with E-state index in [9.17, 15) is 13.6 Å². The normalized spacial score (nSPS) is 12.1. The lowest BCUT2D eigenvalue weighted by molar-refractivity contribution is 0.572. The van der Waals surface area contributed by atoms with E-state index in [1.165, 1.54) is 6.07 Å². The molecule has 2 aromatic carbocycles. The van der Waals surface area contributed by atoms with Gasteiger partial charge in [0, 0.05) is 6.07 Å². The van der Waals surface area contributed by atoms with Gasteiger partial charge in [0.25, 0.3) is 5.56 Å². The van der Waals surface area contributed by atoms with E-state index in [1.54, 1.807) is 31.2 Å². The topological polar surface area (TPSA) is 58.7 Å². The van der Waals surface area contributed by atoms with Gasteiger partial charge in [0.05, 0.1) is 27.9 Å². The molecule has 1 heterocycles. The summed E-state index contributed by atoms with van der Waals surface area (Å²) in [7, 11) is 0. The fourth-order valence-electron chi connectivity index (χ4n) is 2.25. The Morgan fingerprint density at radius 3 is 2.71 bits per heavy atom. The highest BCUT2D eigenvalue weighted by molar-refractivity contribution is 8.00. The average molecular weight is 343 g/mol. The molecule has 0 aliphatic rings. The number of aromatic nitrogens is 2. The zero-order valence-corrected chi connectivity index (χ0v) is 13.3. The monoisotopic (exact) mass is 343 g/mol. The van der Waals surface area contributed by atoms with Gasteiger partial charge in [-0.2, -0.15) is 5.26 Å². The summed E-state index contributed by atoms with van der Waals surface area (Å²) < 4.78 is 28.5. The molecule has 1 atom stereocenters. The molecule has 3 rings (SSSR count). The zero-order valence-electron chi connectivity index (χ0n) is 12.5. The maximum atomic E-state index is 14.2. The Bertz CT molecular complexity index is 1030. The van der Waals surface area contributed by atoms with Crippen molar-refractivity contribution in [3.8, 4) is 11.8 Å². The van der Waals surface area contributed by atoms with E-state index in [-0.39, 0.29) is 10.8 Å². The molecule has 4 nitrogen and oxygen atoms in total. The first-order valence-corrected chi connectivity index (χ1v) is 7.92. The summed E-state index contributed by atoms with van der Waals surface area (Å²) in [5.41, 5.74) is -0.125. The van der Waals surface area contributed by atoms with E-state index in [0.717, 1.165) is 22.4 Å². The van der Waals surface area contributed by atoms with Crippen LogP contribution in [-0.2, 0) is 0 Å². The van der Waals surface area contributed by atoms with Gasteiger partial charge in [-0.3, -0.25) is 9.36 Å². The number of halogens is 2. The SMILES string of the molecule is C[C@H](C#N)Sc1nc2ccccc2c(=O)n1-c1ccc(F)cc1F. The maximum absolute atomic E-state index is 14.2. The van der Waals surface area contributed by atoms with Gasteiger partial charge in [-0.1, -0.05) is 23.9 Å². The lowest BCUT2D eigenvalue weighted by Crippen LogP contribution is -2.23. The van der Waals surface area contributed by atoms with Crippen LogP contribution in [0.4, 0.5) is 8.78 Å². The number of nitrogens with zero attached hydrogens (tertiary/aromatic N) is 3. The second-order valence-corrected chi connectivity index (χ2v) is 6.34. The summed E-state index contributed by atoms with van der Waals surface area (Å²) in [5.74, 6) is -1.61. The number of benzene rings is 2. The van der Waals surface area contributed by atoms with Crippen LogP contribution in [0, 0.1) is 23.0 Å². The smallest absolute Gasteiger partial charge is 0.266 e. The van der Waals surface area contributed by atoms with Gasteiger partial charge in [0.2, 0.25) is 0 Å². The molecule has 0 aliphatic heterocycles. The number of rotatable bonds is 3. The minimum absolute atomic E-state index is 0.104. The van der Waals surface area contributed by atoms with E-state index in [4.69, 9.17) is 5.26 Å². The first-order valence-electron chi connectivity index (χ1n) is 7.04. The van der Waals surface area contributed by atoms with Gasteiger partial charge in [0.1, 0.15) is 11.6 Å². The molecule has 0 saturated heterocycles. The Balaban J connectivity index is 2.35. The quantitative estimate of drug-likeness (QED) is 0.538. The molecular formula is C17H11F2N3OS. The predicted octanol–water partition coefficient (Wildman–Crippen LogP) is 3.67. The molecule has 3 aromatic rings. The fourth-order valence-corrected chi connectivity index (χ4v) is 3.06. The Morgan fingerprint density at radius 1 is 1.25 bits per heavy atom. The van der Waals surface area contributed by atoms with E-state index >= 15 is 0 Å². The summed E-state index contributed by atoms with van der Waals surface area (Å²) in [4.78, 5) is 17.2. The van der Waals surface area contributed by atoms with Crippen LogP contribution >= 0.6 is 11.8 Å². The van der Waals surface area contributed by atoms with Crippen LogP contribution in [0.15, 0.2) is 52.4 Å². The molecule has 7 heteroatoms.